The van der Waals surface area contributed by atoms with Crippen molar-refractivity contribution in [1.29, 1.82) is 0 Å². The van der Waals surface area contributed by atoms with Crippen molar-refractivity contribution in [3.05, 3.63) is 30.3 Å². The van der Waals surface area contributed by atoms with Crippen LogP contribution in [-0.2, 0) is 14.6 Å². The Morgan fingerprint density at radius 2 is 1.88 bits per heavy atom. The van der Waals surface area contributed by atoms with Gasteiger partial charge in [-0.1, -0.05) is 25.1 Å². The zero-order chi connectivity index (χ0) is 12.2. The largest absolute Gasteiger partial charge is 0.481 e. The van der Waals surface area contributed by atoms with Gasteiger partial charge in [0.2, 0.25) is 0 Å². The summed E-state index contributed by atoms with van der Waals surface area (Å²) in [6.07, 6.45) is -0.133. The van der Waals surface area contributed by atoms with E-state index in [0.29, 0.717) is 0 Å². The van der Waals surface area contributed by atoms with Crippen molar-refractivity contribution in [3.8, 4) is 0 Å². The molecule has 0 aliphatic rings. The first-order valence-electron chi connectivity index (χ1n) is 4.91. The number of carboxylic acid groups (broad SMARTS) is 1. The van der Waals surface area contributed by atoms with Crippen LogP contribution in [0.2, 0.25) is 0 Å². The van der Waals surface area contributed by atoms with Crippen LogP contribution in [0.3, 0.4) is 0 Å². The first-order valence-corrected chi connectivity index (χ1v) is 6.56. The average molecular weight is 242 g/mol. The maximum atomic E-state index is 11.8. The van der Waals surface area contributed by atoms with Gasteiger partial charge < -0.3 is 5.11 Å². The van der Waals surface area contributed by atoms with E-state index in [9.17, 15) is 13.2 Å². The molecule has 0 heterocycles. The third-order valence-electron chi connectivity index (χ3n) is 2.13. The predicted octanol–water partition coefficient (Wildman–Crippen LogP) is 1.57. The van der Waals surface area contributed by atoms with Crippen molar-refractivity contribution < 1.29 is 18.3 Å². The fourth-order valence-electron chi connectivity index (χ4n) is 1.46. The van der Waals surface area contributed by atoms with E-state index in [4.69, 9.17) is 5.11 Å². The van der Waals surface area contributed by atoms with Crippen LogP contribution in [0, 0.1) is 5.92 Å². The van der Waals surface area contributed by atoms with E-state index in [2.05, 4.69) is 0 Å². The minimum Gasteiger partial charge on any atom is -0.481 e. The zero-order valence-corrected chi connectivity index (χ0v) is 9.78. The monoisotopic (exact) mass is 242 g/mol. The fraction of sp³-hybridized carbons (Fsp3) is 0.364. The average Bonchev–Trinajstić information content (AvgIpc) is 2.16. The molecule has 0 amide bonds. The van der Waals surface area contributed by atoms with E-state index in [-0.39, 0.29) is 23.0 Å². The first-order chi connectivity index (χ1) is 7.42. The fourth-order valence-corrected chi connectivity index (χ4v) is 3.09. The van der Waals surface area contributed by atoms with Crippen molar-refractivity contribution in [3.63, 3.8) is 0 Å². The molecule has 0 spiro atoms. The van der Waals surface area contributed by atoms with E-state index in [1.165, 1.54) is 12.1 Å². The van der Waals surface area contributed by atoms with Crippen LogP contribution in [0.25, 0.3) is 0 Å². The summed E-state index contributed by atoms with van der Waals surface area (Å²) in [6, 6.07) is 8.06. The summed E-state index contributed by atoms with van der Waals surface area (Å²) in [4.78, 5) is 10.7. The third-order valence-corrected chi connectivity index (χ3v) is 4.13. The second-order valence-corrected chi connectivity index (χ2v) is 5.83. The van der Waals surface area contributed by atoms with E-state index in [1.807, 2.05) is 0 Å². The van der Waals surface area contributed by atoms with Gasteiger partial charge in [-0.15, -0.1) is 0 Å². The van der Waals surface area contributed by atoms with Crippen LogP contribution in [0.15, 0.2) is 35.2 Å². The summed E-state index contributed by atoms with van der Waals surface area (Å²) < 4.78 is 23.7. The maximum absolute atomic E-state index is 11.8. The lowest BCUT2D eigenvalue weighted by Gasteiger charge is -2.09. The van der Waals surface area contributed by atoms with Crippen molar-refractivity contribution in [2.75, 3.05) is 5.75 Å². The molecule has 0 aliphatic heterocycles. The molecule has 1 atom stereocenters. The number of sulfone groups is 1. The Kier molecular flexibility index (Phi) is 4.06. The van der Waals surface area contributed by atoms with Crippen LogP contribution in [0.4, 0.5) is 0 Å². The Morgan fingerprint density at radius 1 is 1.31 bits per heavy atom. The molecule has 0 saturated heterocycles. The lowest BCUT2D eigenvalue weighted by atomic mass is 10.1. The Bertz CT molecular complexity index is 450. The molecule has 0 unspecified atom stereocenters. The van der Waals surface area contributed by atoms with Crippen molar-refractivity contribution >= 4 is 15.8 Å². The molecule has 0 fully saturated rings. The minimum absolute atomic E-state index is 0.133. The van der Waals surface area contributed by atoms with Crippen molar-refractivity contribution in [1.82, 2.24) is 0 Å². The molecule has 16 heavy (non-hydrogen) atoms. The van der Waals surface area contributed by atoms with Crippen molar-refractivity contribution in [2.45, 2.75) is 18.2 Å². The standard InChI is InChI=1S/C11H14O4S/c1-9(7-11(12)13)8-16(14,15)10-5-3-2-4-6-10/h2-6,9H,7-8H2,1H3,(H,12,13)/t9-/m0/s1. The van der Waals surface area contributed by atoms with E-state index in [0.717, 1.165) is 0 Å². The van der Waals surface area contributed by atoms with Crippen LogP contribution < -0.4 is 0 Å². The Balaban J connectivity index is 2.77. The van der Waals surface area contributed by atoms with E-state index in [1.54, 1.807) is 25.1 Å². The molecular weight excluding hydrogens is 228 g/mol. The van der Waals surface area contributed by atoms with Gasteiger partial charge in [-0.05, 0) is 18.1 Å². The SMILES string of the molecule is C[C@@H](CC(=O)O)CS(=O)(=O)c1ccccc1. The van der Waals surface area contributed by atoms with Crippen LogP contribution in [0.1, 0.15) is 13.3 Å². The number of aliphatic carboxylic acids is 1. The van der Waals surface area contributed by atoms with E-state index < -0.39 is 15.8 Å². The molecule has 1 rings (SSSR count). The minimum atomic E-state index is -3.37. The van der Waals surface area contributed by atoms with Crippen molar-refractivity contribution in [2.24, 2.45) is 5.92 Å². The van der Waals surface area contributed by atoms with Gasteiger partial charge in [-0.3, -0.25) is 4.79 Å². The smallest absolute Gasteiger partial charge is 0.303 e. The normalized spacial score (nSPS) is 13.3. The number of hydrogen-bond acceptors (Lipinski definition) is 3. The van der Waals surface area contributed by atoms with Gasteiger partial charge in [0.15, 0.2) is 9.84 Å². The van der Waals surface area contributed by atoms with Crippen LogP contribution in [-0.4, -0.2) is 25.2 Å². The van der Waals surface area contributed by atoms with Gasteiger partial charge in [0, 0.05) is 6.42 Å². The topological polar surface area (TPSA) is 71.4 Å². The highest BCUT2D eigenvalue weighted by Crippen LogP contribution is 2.15. The molecule has 1 aromatic rings. The summed E-state index contributed by atoms with van der Waals surface area (Å²) >= 11 is 0. The lowest BCUT2D eigenvalue weighted by Crippen LogP contribution is -2.16. The molecule has 4 nitrogen and oxygen atoms in total. The molecular formula is C11H14O4S. The Morgan fingerprint density at radius 3 is 2.38 bits per heavy atom. The van der Waals surface area contributed by atoms with Crippen LogP contribution in [0.5, 0.6) is 0 Å². The third kappa shape index (κ3) is 3.66. The summed E-state index contributed by atoms with van der Waals surface area (Å²) in [6.45, 7) is 1.62. The molecule has 88 valence electrons. The van der Waals surface area contributed by atoms with Crippen LogP contribution >= 0.6 is 0 Å². The zero-order valence-electron chi connectivity index (χ0n) is 8.96. The molecule has 0 bridgehead atoms. The van der Waals surface area contributed by atoms with Gasteiger partial charge in [0.25, 0.3) is 0 Å². The van der Waals surface area contributed by atoms with Gasteiger partial charge in [-0.2, -0.15) is 0 Å². The van der Waals surface area contributed by atoms with Gasteiger partial charge >= 0.3 is 5.97 Å². The quantitative estimate of drug-likeness (QED) is 0.850. The molecule has 0 radical (unpaired) electrons. The summed E-state index contributed by atoms with van der Waals surface area (Å²) in [5.41, 5.74) is 0. The molecule has 0 aliphatic carbocycles. The lowest BCUT2D eigenvalue weighted by molar-refractivity contribution is -0.137. The molecule has 1 aromatic carbocycles. The second-order valence-electron chi connectivity index (χ2n) is 3.80. The predicted molar refractivity (Wildman–Crippen MR) is 59.9 cm³/mol. The number of carbonyl (C=O) groups is 1. The number of hydrogen-bond donors (Lipinski definition) is 1. The Hall–Kier alpha value is -1.36. The number of rotatable bonds is 5. The highest BCUT2D eigenvalue weighted by atomic mass is 32.2. The van der Waals surface area contributed by atoms with Gasteiger partial charge in [0.05, 0.1) is 10.6 Å². The molecule has 5 heteroatoms. The summed E-state index contributed by atoms with van der Waals surface area (Å²) in [7, 11) is -3.37. The van der Waals surface area contributed by atoms with E-state index >= 15 is 0 Å². The van der Waals surface area contributed by atoms with Gasteiger partial charge in [-0.25, -0.2) is 8.42 Å². The van der Waals surface area contributed by atoms with Gasteiger partial charge in [0.1, 0.15) is 0 Å². The number of carboxylic acids is 1. The maximum Gasteiger partial charge on any atom is 0.303 e. The molecule has 0 aromatic heterocycles. The second kappa shape index (κ2) is 5.12. The highest BCUT2D eigenvalue weighted by Gasteiger charge is 2.19. The number of benzene rings is 1. The highest BCUT2D eigenvalue weighted by molar-refractivity contribution is 7.91. The molecule has 1 N–H and O–H groups in total. The molecule has 0 saturated carbocycles. The Labute approximate surface area is 94.8 Å². The summed E-state index contributed by atoms with van der Waals surface area (Å²) in [5.74, 6) is -1.50. The summed E-state index contributed by atoms with van der Waals surface area (Å²) in [5, 5.41) is 8.56. The first kappa shape index (κ1) is 12.7.